The minimum atomic E-state index is 0.727. The first-order chi connectivity index (χ1) is 10.3. The smallest absolute Gasteiger partial charge is 0.153 e. The Balaban J connectivity index is 2.14. The molecule has 0 saturated heterocycles. The van der Waals surface area contributed by atoms with Gasteiger partial charge in [-0.25, -0.2) is 4.98 Å². The lowest BCUT2D eigenvalue weighted by Crippen LogP contribution is -2.08. The highest BCUT2D eigenvalue weighted by Crippen LogP contribution is 2.32. The summed E-state index contributed by atoms with van der Waals surface area (Å²) in [7, 11) is 0. The van der Waals surface area contributed by atoms with E-state index in [9.17, 15) is 0 Å². The van der Waals surface area contributed by atoms with Gasteiger partial charge in [-0.15, -0.1) is 0 Å². The molecule has 0 aliphatic heterocycles. The normalized spacial score (nSPS) is 10.6. The number of fused-ring (bicyclic) bond motifs is 1. The number of pyridine rings is 1. The van der Waals surface area contributed by atoms with Gasteiger partial charge < -0.3 is 10.2 Å². The number of rotatable bonds is 4. The summed E-state index contributed by atoms with van der Waals surface area (Å²) >= 11 is 0. The molecule has 0 aliphatic rings. The summed E-state index contributed by atoms with van der Waals surface area (Å²) in [5, 5.41) is 0.947. The maximum absolute atomic E-state index is 5.96. The van der Waals surface area contributed by atoms with Gasteiger partial charge in [0.05, 0.1) is 5.69 Å². The molecular formula is C17H17N3O. The second-order valence-corrected chi connectivity index (χ2v) is 4.73. The minimum absolute atomic E-state index is 0.727. The van der Waals surface area contributed by atoms with Gasteiger partial charge >= 0.3 is 0 Å². The molecule has 0 atom stereocenters. The van der Waals surface area contributed by atoms with Crippen LogP contribution in [0.25, 0.3) is 10.9 Å². The summed E-state index contributed by atoms with van der Waals surface area (Å²) in [6, 6.07) is 17.5. The van der Waals surface area contributed by atoms with Gasteiger partial charge in [0.15, 0.2) is 5.75 Å². The van der Waals surface area contributed by atoms with Crippen molar-refractivity contribution in [2.75, 3.05) is 5.43 Å². The highest BCUT2D eigenvalue weighted by atomic mass is 16.5. The number of nitrogen functional groups attached to an aromatic ring is 1. The zero-order valence-corrected chi connectivity index (χ0v) is 11.8. The van der Waals surface area contributed by atoms with Gasteiger partial charge in [0.1, 0.15) is 11.3 Å². The Morgan fingerprint density at radius 2 is 1.90 bits per heavy atom. The number of anilines is 1. The summed E-state index contributed by atoms with van der Waals surface area (Å²) in [6.45, 7) is 2.06. The van der Waals surface area contributed by atoms with Crippen LogP contribution in [0.4, 0.5) is 5.69 Å². The predicted molar refractivity (Wildman–Crippen MR) is 85.4 cm³/mol. The molecule has 0 saturated carbocycles. The van der Waals surface area contributed by atoms with Gasteiger partial charge in [0, 0.05) is 11.1 Å². The van der Waals surface area contributed by atoms with E-state index in [4.69, 9.17) is 10.6 Å². The van der Waals surface area contributed by atoms with E-state index in [1.807, 2.05) is 54.6 Å². The van der Waals surface area contributed by atoms with Crippen LogP contribution in [0.15, 0.2) is 54.6 Å². The third-order valence-corrected chi connectivity index (χ3v) is 3.34. The molecule has 0 bridgehead atoms. The number of nitrogens with zero attached hydrogens (tertiary/aromatic N) is 1. The summed E-state index contributed by atoms with van der Waals surface area (Å²) in [5.74, 6) is 7.14. The number of aryl methyl sites for hydroxylation is 1. The zero-order chi connectivity index (χ0) is 14.7. The second kappa shape index (κ2) is 5.81. The number of hydrogen-bond donors (Lipinski definition) is 2. The van der Waals surface area contributed by atoms with Crippen molar-refractivity contribution < 1.29 is 4.74 Å². The lowest BCUT2D eigenvalue weighted by atomic mass is 10.1. The number of benzene rings is 2. The highest BCUT2D eigenvalue weighted by Gasteiger charge is 2.10. The Kier molecular flexibility index (Phi) is 3.71. The second-order valence-electron chi connectivity index (χ2n) is 4.73. The Bertz CT molecular complexity index is 757. The molecule has 0 fully saturated rings. The summed E-state index contributed by atoms with van der Waals surface area (Å²) in [6.07, 6.45) is 0.838. The fourth-order valence-electron chi connectivity index (χ4n) is 2.27. The third-order valence-electron chi connectivity index (χ3n) is 3.34. The van der Waals surface area contributed by atoms with Gasteiger partial charge in [-0.05, 0) is 30.7 Å². The molecule has 3 aromatic rings. The number of nitrogens with two attached hydrogens (primary N) is 1. The van der Waals surface area contributed by atoms with Crippen molar-refractivity contribution in [2.24, 2.45) is 5.84 Å². The molecule has 21 heavy (non-hydrogen) atoms. The predicted octanol–water partition coefficient (Wildman–Crippen LogP) is 3.88. The highest BCUT2D eigenvalue weighted by molar-refractivity contribution is 5.95. The molecule has 1 heterocycles. The minimum Gasteiger partial charge on any atom is -0.455 e. The molecule has 0 radical (unpaired) electrons. The topological polar surface area (TPSA) is 60.2 Å². The third kappa shape index (κ3) is 2.66. The zero-order valence-electron chi connectivity index (χ0n) is 11.8. The Labute approximate surface area is 123 Å². The maximum atomic E-state index is 5.96. The molecule has 3 rings (SSSR count). The SMILES string of the molecule is CCc1cc(NN)c2cccc(Oc3ccccc3)c2n1. The molecule has 3 N–H and O–H groups in total. The van der Waals surface area contributed by atoms with Crippen LogP contribution < -0.4 is 16.0 Å². The molecule has 0 amide bonds. The van der Waals surface area contributed by atoms with Crippen LogP contribution in [-0.2, 0) is 6.42 Å². The van der Waals surface area contributed by atoms with E-state index in [0.29, 0.717) is 0 Å². The van der Waals surface area contributed by atoms with E-state index in [2.05, 4.69) is 17.3 Å². The first kappa shape index (κ1) is 13.4. The van der Waals surface area contributed by atoms with Crippen LogP contribution in [0, 0.1) is 0 Å². The number of nitrogens with one attached hydrogen (secondary N) is 1. The van der Waals surface area contributed by atoms with E-state index in [0.717, 1.165) is 40.2 Å². The number of hydrogen-bond acceptors (Lipinski definition) is 4. The molecule has 0 aliphatic carbocycles. The Morgan fingerprint density at radius 1 is 1.10 bits per heavy atom. The molecule has 106 valence electrons. The fourth-order valence-corrected chi connectivity index (χ4v) is 2.27. The largest absolute Gasteiger partial charge is 0.455 e. The molecule has 0 spiro atoms. The van der Waals surface area contributed by atoms with Crippen molar-refractivity contribution in [1.29, 1.82) is 0 Å². The van der Waals surface area contributed by atoms with Crippen LogP contribution in [0.5, 0.6) is 11.5 Å². The standard InChI is InChI=1S/C17H17N3O/c1-2-12-11-15(20-18)14-9-6-10-16(17(14)19-12)21-13-7-4-3-5-8-13/h3-11H,2,18H2,1H3,(H,19,20). The van der Waals surface area contributed by atoms with Crippen LogP contribution in [0.3, 0.4) is 0 Å². The van der Waals surface area contributed by atoms with Crippen molar-refractivity contribution in [3.63, 3.8) is 0 Å². The van der Waals surface area contributed by atoms with E-state index in [1.54, 1.807) is 0 Å². The van der Waals surface area contributed by atoms with Crippen molar-refractivity contribution in [2.45, 2.75) is 13.3 Å². The van der Waals surface area contributed by atoms with Crippen molar-refractivity contribution in [3.05, 3.63) is 60.3 Å². The maximum Gasteiger partial charge on any atom is 0.153 e. The Hall–Kier alpha value is -2.59. The van der Waals surface area contributed by atoms with E-state index in [-0.39, 0.29) is 0 Å². The number of aromatic nitrogens is 1. The van der Waals surface area contributed by atoms with E-state index < -0.39 is 0 Å². The fraction of sp³-hybridized carbons (Fsp3) is 0.118. The van der Waals surface area contributed by atoms with Crippen molar-refractivity contribution in [1.82, 2.24) is 4.98 Å². The summed E-state index contributed by atoms with van der Waals surface area (Å²) in [4.78, 5) is 4.68. The molecule has 4 nitrogen and oxygen atoms in total. The van der Waals surface area contributed by atoms with Gasteiger partial charge in [-0.2, -0.15) is 0 Å². The summed E-state index contributed by atoms with van der Waals surface area (Å²) in [5.41, 5.74) is 5.38. The number of hydrazine groups is 1. The average molecular weight is 279 g/mol. The van der Waals surface area contributed by atoms with Crippen LogP contribution in [0.1, 0.15) is 12.6 Å². The number of para-hydroxylation sites is 2. The molecule has 2 aromatic carbocycles. The van der Waals surface area contributed by atoms with E-state index in [1.165, 1.54) is 0 Å². The lowest BCUT2D eigenvalue weighted by Gasteiger charge is -2.12. The van der Waals surface area contributed by atoms with Gasteiger partial charge in [-0.1, -0.05) is 37.3 Å². The molecule has 4 heteroatoms. The summed E-state index contributed by atoms with van der Waals surface area (Å²) < 4.78 is 5.96. The Morgan fingerprint density at radius 3 is 2.62 bits per heavy atom. The van der Waals surface area contributed by atoms with Crippen molar-refractivity contribution in [3.8, 4) is 11.5 Å². The average Bonchev–Trinajstić information content (AvgIpc) is 2.55. The molecule has 1 aromatic heterocycles. The first-order valence-electron chi connectivity index (χ1n) is 6.94. The van der Waals surface area contributed by atoms with Crippen molar-refractivity contribution >= 4 is 16.6 Å². The monoisotopic (exact) mass is 279 g/mol. The molecule has 0 unspecified atom stereocenters. The first-order valence-corrected chi connectivity index (χ1v) is 6.94. The van der Waals surface area contributed by atoms with Crippen LogP contribution >= 0.6 is 0 Å². The van der Waals surface area contributed by atoms with Crippen LogP contribution in [-0.4, -0.2) is 4.98 Å². The van der Waals surface area contributed by atoms with Gasteiger partial charge in [0.25, 0.3) is 0 Å². The lowest BCUT2D eigenvalue weighted by molar-refractivity contribution is 0.487. The number of ether oxygens (including phenoxy) is 1. The van der Waals surface area contributed by atoms with Gasteiger partial charge in [-0.3, -0.25) is 5.84 Å². The van der Waals surface area contributed by atoms with Crippen LogP contribution in [0.2, 0.25) is 0 Å². The van der Waals surface area contributed by atoms with E-state index >= 15 is 0 Å². The molecular weight excluding hydrogens is 262 g/mol. The van der Waals surface area contributed by atoms with Gasteiger partial charge in [0.2, 0.25) is 0 Å². The quantitative estimate of drug-likeness (QED) is 0.562.